The minimum atomic E-state index is -1.08. The van der Waals surface area contributed by atoms with Crippen LogP contribution in [0, 0.1) is 0 Å². The summed E-state index contributed by atoms with van der Waals surface area (Å²) < 4.78 is 0. The molecule has 0 bridgehead atoms. The van der Waals surface area contributed by atoms with Gasteiger partial charge in [-0.15, -0.1) is 0 Å². The fourth-order valence-electron chi connectivity index (χ4n) is 1.01. The summed E-state index contributed by atoms with van der Waals surface area (Å²) >= 11 is 0. The van der Waals surface area contributed by atoms with E-state index in [4.69, 9.17) is 5.11 Å². The van der Waals surface area contributed by atoms with E-state index < -0.39 is 5.97 Å². The number of carbonyl (C=O) groups excluding carboxylic acids is 1. The molecule has 1 radical (unpaired) electrons. The smallest absolute Gasteiger partial charge is 0.337 e. The third-order valence-corrected chi connectivity index (χ3v) is 1.79. The van der Waals surface area contributed by atoms with Crippen LogP contribution in [0.3, 0.4) is 0 Å². The van der Waals surface area contributed by atoms with Gasteiger partial charge < -0.3 is 10.4 Å². The van der Waals surface area contributed by atoms with Gasteiger partial charge in [-0.1, -0.05) is 18.7 Å². The normalized spacial score (nSPS) is 8.81. The second-order valence-corrected chi connectivity index (χ2v) is 3.09. The molecule has 0 unspecified atom stereocenters. The van der Waals surface area contributed by atoms with E-state index in [0.29, 0.717) is 5.57 Å². The number of hydrogen-bond donors (Lipinski definition) is 2. The zero-order valence-corrected chi connectivity index (χ0v) is 11.3. The van der Waals surface area contributed by atoms with Crippen LogP contribution in [0.25, 0.3) is 0 Å². The monoisotopic (exact) mass is 228 g/mol. The number of hydrogen-bond acceptors (Lipinski definition) is 2. The quantitative estimate of drug-likeness (QED) is 0.608. The Morgan fingerprint density at radius 3 is 2.38 bits per heavy atom. The first kappa shape index (κ1) is 14.9. The van der Waals surface area contributed by atoms with Crippen LogP contribution in [0.2, 0.25) is 0 Å². The van der Waals surface area contributed by atoms with Gasteiger partial charge >= 0.3 is 5.97 Å². The molecule has 0 spiro atoms. The molecule has 0 fully saturated rings. The third-order valence-electron chi connectivity index (χ3n) is 1.79. The fraction of sp³-hybridized carbons (Fsp3) is 0.0909. The van der Waals surface area contributed by atoms with Crippen LogP contribution < -0.4 is 5.32 Å². The van der Waals surface area contributed by atoms with Gasteiger partial charge in [0.2, 0.25) is 0 Å². The van der Waals surface area contributed by atoms with Crippen LogP contribution >= 0.6 is 0 Å². The minimum Gasteiger partial charge on any atom is -0.478 e. The number of aromatic carboxylic acids is 1. The average Bonchev–Trinajstić information content (AvgIpc) is 2.18. The van der Waals surface area contributed by atoms with E-state index in [2.05, 4.69) is 11.9 Å². The number of benzene rings is 1. The van der Waals surface area contributed by atoms with Crippen molar-refractivity contribution in [3.05, 3.63) is 42.0 Å². The molecule has 0 aliphatic rings. The van der Waals surface area contributed by atoms with Crippen LogP contribution in [0.15, 0.2) is 36.4 Å². The maximum absolute atomic E-state index is 11.3. The first-order valence-electron chi connectivity index (χ1n) is 4.31. The third kappa shape index (κ3) is 3.81. The molecule has 0 heterocycles. The summed E-state index contributed by atoms with van der Waals surface area (Å²) in [6.07, 6.45) is 0. The fourth-order valence-corrected chi connectivity index (χ4v) is 1.01. The Labute approximate surface area is 116 Å². The summed E-state index contributed by atoms with van der Waals surface area (Å²) in [6.45, 7) is 5.02. The van der Waals surface area contributed by atoms with Crippen LogP contribution in [0.4, 0.5) is 5.69 Å². The van der Waals surface area contributed by atoms with Gasteiger partial charge in [0.15, 0.2) is 0 Å². The van der Waals surface area contributed by atoms with Crippen molar-refractivity contribution in [3.8, 4) is 0 Å². The topological polar surface area (TPSA) is 66.4 Å². The molecule has 1 aromatic rings. The Morgan fingerprint density at radius 1 is 1.31 bits per heavy atom. The molecule has 1 aromatic carbocycles. The summed E-state index contributed by atoms with van der Waals surface area (Å²) in [5.41, 5.74) is 0.667. The van der Waals surface area contributed by atoms with Crippen LogP contribution in [0.1, 0.15) is 17.3 Å². The number of amides is 1. The van der Waals surface area contributed by atoms with Gasteiger partial charge in [-0.25, -0.2) is 4.79 Å². The molecule has 1 amide bonds. The predicted octanol–water partition coefficient (Wildman–Crippen LogP) is 1.52. The van der Waals surface area contributed by atoms with E-state index in [1.165, 1.54) is 12.1 Å². The van der Waals surface area contributed by atoms with Crippen molar-refractivity contribution in [2.75, 3.05) is 5.32 Å². The molecule has 0 aliphatic carbocycles. The molecule has 16 heavy (non-hydrogen) atoms. The van der Waals surface area contributed by atoms with Crippen molar-refractivity contribution in [3.63, 3.8) is 0 Å². The first-order valence-corrected chi connectivity index (χ1v) is 4.31. The van der Waals surface area contributed by atoms with Crippen LogP contribution in [-0.4, -0.2) is 46.5 Å². The van der Waals surface area contributed by atoms with E-state index in [1.807, 2.05) is 0 Å². The molecule has 79 valence electrons. The Kier molecular flexibility index (Phi) is 6.03. The van der Waals surface area contributed by atoms with Gasteiger partial charge in [0.05, 0.1) is 11.3 Å². The number of rotatable bonds is 3. The number of carboxylic acids is 1. The summed E-state index contributed by atoms with van der Waals surface area (Å²) in [7, 11) is 0. The molecule has 2 N–H and O–H groups in total. The van der Waals surface area contributed by atoms with Crippen molar-refractivity contribution >= 4 is 47.1 Å². The Hall–Kier alpha value is -1.10. The zero-order chi connectivity index (χ0) is 11.4. The SMILES string of the molecule is C=C(C)C(=O)Nc1ccccc1C(=O)O.[Na]. The molecular formula is C11H11NNaO3. The largest absolute Gasteiger partial charge is 0.478 e. The second kappa shape index (κ2) is 6.48. The van der Waals surface area contributed by atoms with Gasteiger partial charge in [0.25, 0.3) is 5.91 Å². The standard InChI is InChI=1S/C11H11NO3.Na/c1-7(2)10(13)12-9-6-4-3-5-8(9)11(14)15;/h3-6H,1H2,2H3,(H,12,13)(H,14,15);. The Balaban J connectivity index is 0.00000225. The molecule has 0 atom stereocenters. The maximum atomic E-state index is 11.3. The molecule has 0 aliphatic heterocycles. The number of nitrogens with one attached hydrogen (secondary N) is 1. The van der Waals surface area contributed by atoms with Gasteiger partial charge in [0, 0.05) is 35.1 Å². The summed E-state index contributed by atoms with van der Waals surface area (Å²) in [5.74, 6) is -1.46. The minimum absolute atomic E-state index is 0. The van der Waals surface area contributed by atoms with Crippen LogP contribution in [0.5, 0.6) is 0 Å². The number of anilines is 1. The first-order chi connectivity index (χ1) is 7.02. The van der Waals surface area contributed by atoms with E-state index in [1.54, 1.807) is 19.1 Å². The van der Waals surface area contributed by atoms with Crippen molar-refractivity contribution in [2.45, 2.75) is 6.92 Å². The molecule has 0 saturated carbocycles. The molecule has 0 saturated heterocycles. The number of carboxylic acid groups (broad SMARTS) is 1. The van der Waals surface area contributed by atoms with Gasteiger partial charge in [-0.05, 0) is 19.1 Å². The molecule has 1 rings (SSSR count). The van der Waals surface area contributed by atoms with E-state index in [0.717, 1.165) is 0 Å². The van der Waals surface area contributed by atoms with Gasteiger partial charge in [-0.2, -0.15) is 0 Å². The molecule has 5 heteroatoms. The van der Waals surface area contributed by atoms with Gasteiger partial charge in [-0.3, -0.25) is 4.79 Å². The summed E-state index contributed by atoms with van der Waals surface area (Å²) in [5, 5.41) is 11.3. The molecule has 4 nitrogen and oxygen atoms in total. The van der Waals surface area contributed by atoms with Crippen molar-refractivity contribution in [1.29, 1.82) is 0 Å². The van der Waals surface area contributed by atoms with Crippen LogP contribution in [-0.2, 0) is 4.79 Å². The van der Waals surface area contributed by atoms with Crippen molar-refractivity contribution < 1.29 is 14.7 Å². The summed E-state index contributed by atoms with van der Waals surface area (Å²) in [6, 6.07) is 6.21. The average molecular weight is 228 g/mol. The molecule has 0 aromatic heterocycles. The van der Waals surface area contributed by atoms with E-state index in [9.17, 15) is 9.59 Å². The second-order valence-electron chi connectivity index (χ2n) is 3.09. The zero-order valence-electron chi connectivity index (χ0n) is 9.28. The van der Waals surface area contributed by atoms with E-state index in [-0.39, 0.29) is 46.7 Å². The molecular weight excluding hydrogens is 217 g/mol. The summed E-state index contributed by atoms with van der Waals surface area (Å²) in [4.78, 5) is 22.1. The number of carbonyl (C=O) groups is 2. The Morgan fingerprint density at radius 2 is 1.88 bits per heavy atom. The predicted molar refractivity (Wildman–Crippen MR) is 62.6 cm³/mol. The van der Waals surface area contributed by atoms with Crippen molar-refractivity contribution in [2.24, 2.45) is 0 Å². The number of para-hydroxylation sites is 1. The maximum Gasteiger partial charge on any atom is 0.337 e. The van der Waals surface area contributed by atoms with Gasteiger partial charge in [0.1, 0.15) is 0 Å². The van der Waals surface area contributed by atoms with Crippen molar-refractivity contribution in [1.82, 2.24) is 0 Å². The Bertz CT molecular complexity index is 429. The van der Waals surface area contributed by atoms with E-state index >= 15 is 0 Å².